The number of nitro groups is 1. The number of nitrogens with zero attached hydrogens (tertiary/aromatic N) is 3. The molecular weight excluding hydrogens is 394 g/mol. The van der Waals surface area contributed by atoms with Crippen molar-refractivity contribution in [3.05, 3.63) is 57.6 Å². The maximum Gasteiger partial charge on any atom is 0.278 e. The van der Waals surface area contributed by atoms with Crippen LogP contribution in [0, 0.1) is 23.0 Å². The van der Waals surface area contributed by atoms with Crippen molar-refractivity contribution < 1.29 is 28.8 Å². The Bertz CT molecular complexity index is 1110. The van der Waals surface area contributed by atoms with E-state index in [0.717, 1.165) is 4.90 Å². The van der Waals surface area contributed by atoms with Crippen LogP contribution >= 0.6 is 0 Å². The van der Waals surface area contributed by atoms with Gasteiger partial charge >= 0.3 is 0 Å². The van der Waals surface area contributed by atoms with E-state index in [0.29, 0.717) is 22.6 Å². The van der Waals surface area contributed by atoms with Crippen LogP contribution in [0.15, 0.2) is 41.6 Å². The quantitative estimate of drug-likeness (QED) is 0.420. The summed E-state index contributed by atoms with van der Waals surface area (Å²) >= 11 is 0. The maximum absolute atomic E-state index is 13.1. The number of methoxy groups -OCH3 is 2. The number of amides is 2. The van der Waals surface area contributed by atoms with Gasteiger partial charge in [-0.3, -0.25) is 19.7 Å². The second-order valence-corrected chi connectivity index (χ2v) is 6.79. The number of carbonyl (C=O) groups is 2. The van der Waals surface area contributed by atoms with Crippen molar-refractivity contribution in [1.29, 1.82) is 0 Å². The average Bonchev–Trinajstić information content (AvgIpc) is 3.28. The molecule has 1 fully saturated rings. The largest absolute Gasteiger partial charge is 0.493 e. The number of aryl methyl sites for hydroxylation is 1. The summed E-state index contributed by atoms with van der Waals surface area (Å²) in [5, 5.41) is 15.2. The van der Waals surface area contributed by atoms with Crippen molar-refractivity contribution >= 4 is 28.9 Å². The van der Waals surface area contributed by atoms with E-state index < -0.39 is 28.8 Å². The van der Waals surface area contributed by atoms with Gasteiger partial charge in [0, 0.05) is 17.2 Å². The minimum atomic E-state index is -1.12. The fourth-order valence-electron chi connectivity index (χ4n) is 3.60. The van der Waals surface area contributed by atoms with Crippen molar-refractivity contribution in [2.24, 2.45) is 11.1 Å². The van der Waals surface area contributed by atoms with Gasteiger partial charge in [0.15, 0.2) is 11.5 Å². The lowest BCUT2D eigenvalue weighted by atomic mass is 9.94. The van der Waals surface area contributed by atoms with Crippen molar-refractivity contribution in [2.45, 2.75) is 13.0 Å². The Morgan fingerprint density at radius 3 is 2.47 bits per heavy atom. The first-order valence-corrected chi connectivity index (χ1v) is 8.96. The number of carbonyl (C=O) groups excluding carboxylic acids is 2. The molecule has 2 atom stereocenters. The molecule has 10 nitrogen and oxygen atoms in total. The molecule has 0 saturated carbocycles. The maximum atomic E-state index is 13.1. The van der Waals surface area contributed by atoms with E-state index in [1.807, 2.05) is 0 Å². The smallest absolute Gasteiger partial charge is 0.278 e. The zero-order valence-electron chi connectivity index (χ0n) is 16.3. The first-order chi connectivity index (χ1) is 14.4. The van der Waals surface area contributed by atoms with E-state index in [9.17, 15) is 19.7 Å². The zero-order chi connectivity index (χ0) is 21.6. The van der Waals surface area contributed by atoms with Crippen LogP contribution in [0.2, 0.25) is 0 Å². The van der Waals surface area contributed by atoms with Gasteiger partial charge in [0.25, 0.3) is 11.6 Å². The molecule has 30 heavy (non-hydrogen) atoms. The van der Waals surface area contributed by atoms with Crippen LogP contribution in [0.1, 0.15) is 11.1 Å². The van der Waals surface area contributed by atoms with Crippen molar-refractivity contribution in [1.82, 2.24) is 0 Å². The second kappa shape index (κ2) is 7.14. The molecule has 0 unspecified atom stereocenters. The molecule has 154 valence electrons. The summed E-state index contributed by atoms with van der Waals surface area (Å²) in [5.41, 5.74) is 1.18. The van der Waals surface area contributed by atoms with Gasteiger partial charge < -0.3 is 14.3 Å². The van der Waals surface area contributed by atoms with E-state index >= 15 is 0 Å². The molecule has 0 spiro atoms. The molecule has 4 rings (SSSR count). The highest BCUT2D eigenvalue weighted by molar-refractivity contribution is 6.32. The zero-order valence-corrected chi connectivity index (χ0v) is 16.3. The number of oxime groups is 1. The Labute approximate surface area is 170 Å². The summed E-state index contributed by atoms with van der Waals surface area (Å²) in [5.74, 6) is -1.21. The fourth-order valence-corrected chi connectivity index (χ4v) is 3.60. The lowest BCUT2D eigenvalue weighted by Gasteiger charge is -2.16. The molecule has 0 aliphatic carbocycles. The lowest BCUT2D eigenvalue weighted by Crippen LogP contribution is -2.33. The van der Waals surface area contributed by atoms with Crippen LogP contribution in [-0.4, -0.2) is 42.8 Å². The molecule has 0 N–H and O–H groups in total. The molecule has 2 aliphatic rings. The van der Waals surface area contributed by atoms with Gasteiger partial charge in [-0.1, -0.05) is 11.2 Å². The Morgan fingerprint density at radius 2 is 1.80 bits per heavy atom. The monoisotopic (exact) mass is 411 g/mol. The SMILES string of the molecule is COc1ccc(C2=NO[C@@H]3C(=O)N(c4ccc(C)c([N+](=O)[O-])c4)C(=O)[C@@H]23)cc1OC. The number of benzene rings is 2. The molecule has 0 bridgehead atoms. The van der Waals surface area contributed by atoms with Gasteiger partial charge in [-0.25, -0.2) is 4.90 Å². The summed E-state index contributed by atoms with van der Waals surface area (Å²) in [6.45, 7) is 1.58. The normalized spacial score (nSPS) is 20.0. The molecule has 0 aromatic heterocycles. The summed E-state index contributed by atoms with van der Waals surface area (Å²) < 4.78 is 10.5. The third-order valence-corrected chi connectivity index (χ3v) is 5.14. The van der Waals surface area contributed by atoms with Gasteiger partial charge in [0.2, 0.25) is 12.0 Å². The first kappa shape index (κ1) is 19.4. The van der Waals surface area contributed by atoms with E-state index in [-0.39, 0.29) is 17.1 Å². The highest BCUT2D eigenvalue weighted by Gasteiger charge is 2.56. The Kier molecular flexibility index (Phi) is 4.61. The summed E-state index contributed by atoms with van der Waals surface area (Å²) in [6, 6.07) is 9.17. The predicted octanol–water partition coefficient (Wildman–Crippen LogP) is 2.21. The molecule has 2 aromatic rings. The number of nitro benzene ring substituents is 1. The van der Waals surface area contributed by atoms with Gasteiger partial charge in [-0.05, 0) is 31.2 Å². The Hall–Kier alpha value is -3.95. The van der Waals surface area contributed by atoms with E-state index in [1.165, 1.54) is 32.4 Å². The van der Waals surface area contributed by atoms with Crippen LogP contribution in [0.5, 0.6) is 11.5 Å². The first-order valence-electron chi connectivity index (χ1n) is 8.96. The molecule has 10 heteroatoms. The predicted molar refractivity (Wildman–Crippen MR) is 105 cm³/mol. The van der Waals surface area contributed by atoms with Crippen LogP contribution in [0.3, 0.4) is 0 Å². The Balaban J connectivity index is 1.70. The number of anilines is 1. The van der Waals surface area contributed by atoms with Crippen molar-refractivity contribution in [2.75, 3.05) is 19.1 Å². The number of imide groups is 1. The van der Waals surface area contributed by atoms with Gasteiger partial charge in [-0.2, -0.15) is 0 Å². The second-order valence-electron chi connectivity index (χ2n) is 6.79. The molecule has 0 radical (unpaired) electrons. The third-order valence-electron chi connectivity index (χ3n) is 5.14. The summed E-state index contributed by atoms with van der Waals surface area (Å²) in [4.78, 5) is 42.9. The fraction of sp³-hybridized carbons (Fsp3) is 0.250. The van der Waals surface area contributed by atoms with Gasteiger partial charge in [0.05, 0.1) is 24.8 Å². The molecular formula is C20H17N3O7. The third kappa shape index (κ3) is 2.84. The number of hydrogen-bond donors (Lipinski definition) is 0. The number of hydrogen-bond acceptors (Lipinski definition) is 8. The lowest BCUT2D eigenvalue weighted by molar-refractivity contribution is -0.385. The van der Waals surface area contributed by atoms with E-state index in [2.05, 4.69) is 5.16 Å². The minimum Gasteiger partial charge on any atom is -0.493 e. The number of fused-ring (bicyclic) bond motifs is 1. The average molecular weight is 411 g/mol. The van der Waals surface area contributed by atoms with Crippen LogP contribution in [0.4, 0.5) is 11.4 Å². The van der Waals surface area contributed by atoms with Gasteiger partial charge in [-0.15, -0.1) is 0 Å². The topological polar surface area (TPSA) is 121 Å². The highest BCUT2D eigenvalue weighted by atomic mass is 16.7. The minimum absolute atomic E-state index is 0.118. The van der Waals surface area contributed by atoms with Gasteiger partial charge in [0.1, 0.15) is 11.6 Å². The number of rotatable bonds is 5. The molecule has 2 heterocycles. The van der Waals surface area contributed by atoms with E-state index in [1.54, 1.807) is 25.1 Å². The van der Waals surface area contributed by atoms with Crippen LogP contribution < -0.4 is 14.4 Å². The summed E-state index contributed by atoms with van der Waals surface area (Å²) in [6.07, 6.45) is -1.12. The molecule has 2 aromatic carbocycles. The van der Waals surface area contributed by atoms with E-state index in [4.69, 9.17) is 14.3 Å². The van der Waals surface area contributed by atoms with Crippen molar-refractivity contribution in [3.8, 4) is 11.5 Å². The standard InChI is InChI=1S/C20H17N3O7/c1-10-4-6-12(9-13(10)23(26)27)22-19(24)16-17(21-30-18(16)20(22)25)11-5-7-14(28-2)15(8-11)29-3/h4-9,16,18H,1-3H3/t16-,18-/m0/s1. The highest BCUT2D eigenvalue weighted by Crippen LogP contribution is 2.38. The van der Waals surface area contributed by atoms with Crippen LogP contribution in [-0.2, 0) is 14.4 Å². The molecule has 1 saturated heterocycles. The molecule has 2 aliphatic heterocycles. The number of ether oxygens (including phenoxy) is 2. The summed E-state index contributed by atoms with van der Waals surface area (Å²) in [7, 11) is 2.98. The van der Waals surface area contributed by atoms with Crippen LogP contribution in [0.25, 0.3) is 0 Å². The molecule has 2 amide bonds. The van der Waals surface area contributed by atoms with Crippen molar-refractivity contribution in [3.63, 3.8) is 0 Å². The Morgan fingerprint density at radius 1 is 1.07 bits per heavy atom.